The molecule has 0 amide bonds. The number of piperidine rings is 1. The highest BCUT2D eigenvalue weighted by Crippen LogP contribution is 2.39. The molecule has 0 saturated carbocycles. The van der Waals surface area contributed by atoms with Crippen LogP contribution in [0.4, 0.5) is 0 Å². The van der Waals surface area contributed by atoms with Gasteiger partial charge in [-0.3, -0.25) is 0 Å². The van der Waals surface area contributed by atoms with E-state index in [9.17, 15) is 0 Å². The maximum Gasteiger partial charge on any atom is 0.00480 e. The lowest BCUT2D eigenvalue weighted by molar-refractivity contribution is 0.0693. The van der Waals surface area contributed by atoms with Crippen molar-refractivity contribution in [1.29, 1.82) is 0 Å². The largest absolute Gasteiger partial charge is 0.316 e. The Morgan fingerprint density at radius 3 is 2.18 bits per heavy atom. The zero-order chi connectivity index (χ0) is 12.4. The van der Waals surface area contributed by atoms with Gasteiger partial charge in [-0.25, -0.2) is 0 Å². The van der Waals surface area contributed by atoms with Crippen LogP contribution in [0.15, 0.2) is 0 Å². The van der Waals surface area contributed by atoms with Gasteiger partial charge in [-0.05, 0) is 49.7 Å². The van der Waals surface area contributed by atoms with Crippen molar-refractivity contribution in [2.24, 2.45) is 10.8 Å². The maximum absolute atomic E-state index is 3.51. The summed E-state index contributed by atoms with van der Waals surface area (Å²) in [4.78, 5) is 2.72. The monoisotopic (exact) mass is 238 g/mol. The second-order valence-corrected chi connectivity index (χ2v) is 6.72. The molecule has 2 saturated heterocycles. The van der Waals surface area contributed by atoms with E-state index in [2.05, 4.69) is 31.0 Å². The fraction of sp³-hybridized carbons (Fsp3) is 1.00. The molecular weight excluding hydrogens is 208 g/mol. The summed E-state index contributed by atoms with van der Waals surface area (Å²) in [6.45, 7) is 13.6. The van der Waals surface area contributed by atoms with Crippen molar-refractivity contribution in [2.45, 2.75) is 52.9 Å². The van der Waals surface area contributed by atoms with E-state index in [1.54, 1.807) is 0 Å². The lowest BCUT2D eigenvalue weighted by Crippen LogP contribution is -2.44. The Bertz CT molecular complexity index is 229. The minimum absolute atomic E-state index is 0.540. The molecular formula is C15H30N2. The van der Waals surface area contributed by atoms with E-state index in [-0.39, 0.29) is 0 Å². The maximum atomic E-state index is 3.51. The number of hydrogen-bond donors (Lipinski definition) is 1. The topological polar surface area (TPSA) is 15.3 Å². The molecule has 0 aromatic heterocycles. The summed E-state index contributed by atoms with van der Waals surface area (Å²) in [5.74, 6) is 0. The van der Waals surface area contributed by atoms with Gasteiger partial charge in [-0.2, -0.15) is 0 Å². The zero-order valence-corrected chi connectivity index (χ0v) is 12.0. The van der Waals surface area contributed by atoms with Gasteiger partial charge in [0.2, 0.25) is 0 Å². The van der Waals surface area contributed by atoms with Crippen LogP contribution in [0.25, 0.3) is 0 Å². The van der Waals surface area contributed by atoms with Gasteiger partial charge in [0.05, 0.1) is 0 Å². The molecule has 100 valence electrons. The van der Waals surface area contributed by atoms with Gasteiger partial charge in [0.15, 0.2) is 0 Å². The van der Waals surface area contributed by atoms with Crippen molar-refractivity contribution in [3.05, 3.63) is 0 Å². The predicted octanol–water partition coefficient (Wildman–Crippen LogP) is 2.89. The third-order valence-corrected chi connectivity index (χ3v) is 5.48. The number of nitrogens with zero attached hydrogens (tertiary/aromatic N) is 1. The van der Waals surface area contributed by atoms with E-state index in [4.69, 9.17) is 0 Å². The lowest BCUT2D eigenvalue weighted by atomic mass is 9.74. The van der Waals surface area contributed by atoms with Crippen LogP contribution in [0.1, 0.15) is 52.9 Å². The predicted molar refractivity (Wildman–Crippen MR) is 74.3 cm³/mol. The standard InChI is InChI=1S/C15H30N2/c1-4-15(5-2)7-10-17(11-8-15)13-14(3)6-9-16-12-14/h16H,4-13H2,1-3H3. The molecule has 2 aliphatic rings. The van der Waals surface area contributed by atoms with Gasteiger partial charge in [0, 0.05) is 13.1 Å². The Morgan fingerprint density at radius 2 is 1.71 bits per heavy atom. The van der Waals surface area contributed by atoms with Crippen molar-refractivity contribution in [3.63, 3.8) is 0 Å². The van der Waals surface area contributed by atoms with E-state index in [1.165, 1.54) is 64.8 Å². The number of hydrogen-bond acceptors (Lipinski definition) is 2. The summed E-state index contributed by atoms with van der Waals surface area (Å²) in [7, 11) is 0. The summed E-state index contributed by atoms with van der Waals surface area (Å²) in [6, 6.07) is 0. The Balaban J connectivity index is 1.83. The summed E-state index contributed by atoms with van der Waals surface area (Å²) in [5, 5.41) is 3.51. The van der Waals surface area contributed by atoms with Gasteiger partial charge in [-0.15, -0.1) is 0 Å². The molecule has 2 heterocycles. The SMILES string of the molecule is CCC1(CC)CCN(CC2(C)CCNC2)CC1. The van der Waals surface area contributed by atoms with Crippen LogP contribution in [-0.2, 0) is 0 Å². The van der Waals surface area contributed by atoms with Crippen molar-refractivity contribution >= 4 is 0 Å². The molecule has 2 aliphatic heterocycles. The molecule has 0 aromatic carbocycles. The normalized spacial score (nSPS) is 34.1. The Labute approximate surface area is 107 Å². The molecule has 0 aromatic rings. The van der Waals surface area contributed by atoms with Gasteiger partial charge >= 0.3 is 0 Å². The molecule has 1 unspecified atom stereocenters. The van der Waals surface area contributed by atoms with Crippen LogP contribution in [0, 0.1) is 10.8 Å². The van der Waals surface area contributed by atoms with Crippen LogP contribution in [0.3, 0.4) is 0 Å². The van der Waals surface area contributed by atoms with E-state index >= 15 is 0 Å². The van der Waals surface area contributed by atoms with Crippen molar-refractivity contribution in [1.82, 2.24) is 10.2 Å². The third kappa shape index (κ3) is 3.03. The van der Waals surface area contributed by atoms with Crippen LogP contribution in [0.2, 0.25) is 0 Å². The first-order valence-corrected chi connectivity index (χ1v) is 7.54. The van der Waals surface area contributed by atoms with E-state index in [1.807, 2.05) is 0 Å². The molecule has 0 bridgehead atoms. The summed E-state index contributed by atoms with van der Waals surface area (Å²) in [6.07, 6.45) is 6.94. The van der Waals surface area contributed by atoms with Crippen LogP contribution in [-0.4, -0.2) is 37.6 Å². The summed E-state index contributed by atoms with van der Waals surface area (Å²) in [5.41, 5.74) is 1.21. The van der Waals surface area contributed by atoms with E-state index < -0.39 is 0 Å². The van der Waals surface area contributed by atoms with Crippen LogP contribution in [0.5, 0.6) is 0 Å². The lowest BCUT2D eigenvalue weighted by Gasteiger charge is -2.43. The molecule has 2 heteroatoms. The highest BCUT2D eigenvalue weighted by molar-refractivity contribution is 4.90. The molecule has 2 rings (SSSR count). The second-order valence-electron chi connectivity index (χ2n) is 6.72. The molecule has 17 heavy (non-hydrogen) atoms. The molecule has 1 atom stereocenters. The fourth-order valence-corrected chi connectivity index (χ4v) is 3.69. The highest BCUT2D eigenvalue weighted by Gasteiger charge is 2.35. The van der Waals surface area contributed by atoms with Crippen molar-refractivity contribution in [2.75, 3.05) is 32.7 Å². The van der Waals surface area contributed by atoms with E-state index in [0.29, 0.717) is 10.8 Å². The molecule has 1 N–H and O–H groups in total. The second kappa shape index (κ2) is 5.27. The fourth-order valence-electron chi connectivity index (χ4n) is 3.69. The van der Waals surface area contributed by atoms with Crippen molar-refractivity contribution in [3.8, 4) is 0 Å². The summed E-state index contributed by atoms with van der Waals surface area (Å²) >= 11 is 0. The first-order valence-electron chi connectivity index (χ1n) is 7.54. The Hall–Kier alpha value is -0.0800. The van der Waals surface area contributed by atoms with Gasteiger partial charge in [0.1, 0.15) is 0 Å². The molecule has 2 nitrogen and oxygen atoms in total. The van der Waals surface area contributed by atoms with Crippen molar-refractivity contribution < 1.29 is 0 Å². The van der Waals surface area contributed by atoms with Crippen LogP contribution >= 0.6 is 0 Å². The molecule has 0 spiro atoms. The smallest absolute Gasteiger partial charge is 0.00480 e. The van der Waals surface area contributed by atoms with Gasteiger partial charge in [0.25, 0.3) is 0 Å². The first-order chi connectivity index (χ1) is 8.11. The average Bonchev–Trinajstić information content (AvgIpc) is 2.77. The minimum atomic E-state index is 0.540. The Kier molecular flexibility index (Phi) is 4.14. The molecule has 0 radical (unpaired) electrons. The quantitative estimate of drug-likeness (QED) is 0.810. The zero-order valence-electron chi connectivity index (χ0n) is 12.0. The number of nitrogens with one attached hydrogen (secondary N) is 1. The van der Waals surface area contributed by atoms with E-state index in [0.717, 1.165) is 0 Å². The highest BCUT2D eigenvalue weighted by atomic mass is 15.1. The van der Waals surface area contributed by atoms with Gasteiger partial charge < -0.3 is 10.2 Å². The number of likely N-dealkylation sites (tertiary alicyclic amines) is 1. The molecule has 0 aliphatic carbocycles. The molecule has 2 fully saturated rings. The third-order valence-electron chi connectivity index (χ3n) is 5.48. The Morgan fingerprint density at radius 1 is 1.06 bits per heavy atom. The average molecular weight is 238 g/mol. The van der Waals surface area contributed by atoms with Gasteiger partial charge in [-0.1, -0.05) is 33.6 Å². The number of rotatable bonds is 4. The van der Waals surface area contributed by atoms with Crippen LogP contribution < -0.4 is 5.32 Å². The first kappa shape index (κ1) is 13.4. The minimum Gasteiger partial charge on any atom is -0.316 e. The summed E-state index contributed by atoms with van der Waals surface area (Å²) < 4.78 is 0.